The molecule has 0 spiro atoms. The van der Waals surface area contributed by atoms with Crippen LogP contribution in [-0.4, -0.2) is 20.6 Å². The molecule has 0 aliphatic carbocycles. The molecule has 0 saturated heterocycles. The van der Waals surface area contributed by atoms with Crippen LogP contribution in [0.2, 0.25) is 0 Å². The summed E-state index contributed by atoms with van der Waals surface area (Å²) >= 11 is 1.96. The van der Waals surface area contributed by atoms with Gasteiger partial charge in [0.25, 0.3) is 5.56 Å². The normalized spacial score (nSPS) is 11.0. The molecule has 2 N–H and O–H groups in total. The summed E-state index contributed by atoms with van der Waals surface area (Å²) in [5.41, 5.74) is -1.01. The third-order valence-electron chi connectivity index (χ3n) is 3.44. The number of aromatic nitrogens is 2. The molecule has 2 aromatic heterocycles. The molecule has 0 amide bonds. The molecule has 24 heavy (non-hydrogen) atoms. The number of aromatic carboxylic acids is 1. The minimum absolute atomic E-state index is 0.0449. The van der Waals surface area contributed by atoms with Crippen molar-refractivity contribution in [1.29, 1.82) is 0 Å². The number of carboxylic acids is 1. The van der Waals surface area contributed by atoms with Crippen LogP contribution >= 0.6 is 22.6 Å². The van der Waals surface area contributed by atoms with Gasteiger partial charge in [-0.05, 0) is 40.8 Å². The Morgan fingerprint density at radius 1 is 1.46 bits per heavy atom. The number of hydrogen-bond acceptors (Lipinski definition) is 5. The molecule has 124 valence electrons. The molecular weight excluding hydrogens is 432 g/mol. The monoisotopic (exact) mass is 443 g/mol. The van der Waals surface area contributed by atoms with Crippen LogP contribution in [0.3, 0.4) is 0 Å². The van der Waals surface area contributed by atoms with Crippen molar-refractivity contribution in [2.75, 3.05) is 5.32 Å². The summed E-state index contributed by atoms with van der Waals surface area (Å²) in [6, 6.07) is 4.41. The lowest BCUT2D eigenvalue weighted by molar-refractivity contribution is 0.0698. The number of hydrogen-bond donors (Lipinski definition) is 2. The molecule has 3 aromatic rings. The number of benzene rings is 1. The number of carboxylic acid groups (broad SMARTS) is 1. The second-order valence-electron chi connectivity index (χ2n) is 5.05. The van der Waals surface area contributed by atoms with Gasteiger partial charge in [0.15, 0.2) is 17.0 Å². The van der Waals surface area contributed by atoms with Gasteiger partial charge in [0.1, 0.15) is 17.2 Å². The maximum atomic E-state index is 14.1. The average molecular weight is 443 g/mol. The Bertz CT molecular complexity index is 1040. The average Bonchev–Trinajstić information content (AvgIpc) is 2.88. The van der Waals surface area contributed by atoms with Crippen molar-refractivity contribution >= 4 is 51.2 Å². The summed E-state index contributed by atoms with van der Waals surface area (Å²) in [6.07, 6.45) is 0. The fraction of sp³-hybridized carbons (Fsp3) is 0.133. The molecule has 9 heteroatoms. The summed E-state index contributed by atoms with van der Waals surface area (Å²) in [4.78, 5) is 28.0. The summed E-state index contributed by atoms with van der Waals surface area (Å²) in [6.45, 7) is 1.51. The first-order valence-corrected chi connectivity index (χ1v) is 7.83. The highest BCUT2D eigenvalue weighted by Gasteiger charge is 2.25. The molecule has 0 unspecified atom stereocenters. The topological polar surface area (TPSA) is 97.4 Å². The molecule has 0 atom stereocenters. The van der Waals surface area contributed by atoms with Gasteiger partial charge in [-0.2, -0.15) is 0 Å². The Hall–Kier alpha value is -2.43. The minimum atomic E-state index is -1.32. The highest BCUT2D eigenvalue weighted by atomic mass is 127. The van der Waals surface area contributed by atoms with Crippen LogP contribution in [-0.2, 0) is 7.05 Å². The zero-order valence-corrected chi connectivity index (χ0v) is 14.7. The highest BCUT2D eigenvalue weighted by molar-refractivity contribution is 14.1. The van der Waals surface area contributed by atoms with Gasteiger partial charge in [-0.3, -0.25) is 9.36 Å². The summed E-state index contributed by atoms with van der Waals surface area (Å²) < 4.78 is 21.1. The summed E-state index contributed by atoms with van der Waals surface area (Å²) in [7, 11) is 1.38. The van der Waals surface area contributed by atoms with Crippen molar-refractivity contribution in [3.63, 3.8) is 0 Å². The van der Waals surface area contributed by atoms with E-state index in [0.717, 1.165) is 4.57 Å². The quantitative estimate of drug-likeness (QED) is 0.605. The standard InChI is InChI=1S/C15H11FIN3O4/c1-6-18-11-12(24-6)10(15(22)23)13(20(2)14(11)21)19-9-4-3-7(17)5-8(9)16/h3-5,19H,1-2H3,(H,22,23). The maximum Gasteiger partial charge on any atom is 0.343 e. The first kappa shape index (κ1) is 16.4. The Morgan fingerprint density at radius 2 is 2.17 bits per heavy atom. The zero-order valence-electron chi connectivity index (χ0n) is 12.6. The van der Waals surface area contributed by atoms with Crippen LogP contribution in [0.5, 0.6) is 0 Å². The van der Waals surface area contributed by atoms with Crippen molar-refractivity contribution in [1.82, 2.24) is 9.55 Å². The molecule has 0 bridgehead atoms. The van der Waals surface area contributed by atoms with E-state index in [4.69, 9.17) is 4.42 Å². The van der Waals surface area contributed by atoms with Crippen molar-refractivity contribution < 1.29 is 18.7 Å². The lowest BCUT2D eigenvalue weighted by Gasteiger charge is -2.14. The maximum absolute atomic E-state index is 14.1. The number of fused-ring (bicyclic) bond motifs is 1. The Morgan fingerprint density at radius 3 is 2.79 bits per heavy atom. The predicted octanol–water partition coefficient (Wildman–Crippen LogP) is 3.02. The third-order valence-corrected chi connectivity index (χ3v) is 4.11. The van der Waals surface area contributed by atoms with Crippen LogP contribution in [0.4, 0.5) is 15.9 Å². The van der Waals surface area contributed by atoms with E-state index in [9.17, 15) is 19.1 Å². The van der Waals surface area contributed by atoms with Gasteiger partial charge in [-0.1, -0.05) is 0 Å². The molecule has 2 heterocycles. The SMILES string of the molecule is Cc1nc2c(=O)n(C)c(Nc3ccc(I)cc3F)c(C(=O)O)c2o1. The molecule has 0 saturated carbocycles. The second-order valence-corrected chi connectivity index (χ2v) is 6.30. The number of nitrogens with zero attached hydrogens (tertiary/aromatic N) is 2. The number of aryl methyl sites for hydroxylation is 1. The zero-order chi connectivity index (χ0) is 17.6. The predicted molar refractivity (Wildman–Crippen MR) is 93.3 cm³/mol. The number of carbonyl (C=O) groups is 1. The molecule has 0 radical (unpaired) electrons. The van der Waals surface area contributed by atoms with Crippen molar-refractivity contribution in [2.24, 2.45) is 7.05 Å². The molecular formula is C15H11FIN3O4. The van der Waals surface area contributed by atoms with E-state index < -0.39 is 17.3 Å². The number of rotatable bonds is 3. The van der Waals surface area contributed by atoms with Crippen molar-refractivity contribution in [3.8, 4) is 0 Å². The highest BCUT2D eigenvalue weighted by Crippen LogP contribution is 2.28. The van der Waals surface area contributed by atoms with Crippen LogP contribution < -0.4 is 10.9 Å². The van der Waals surface area contributed by atoms with Crippen molar-refractivity contribution in [2.45, 2.75) is 6.92 Å². The molecule has 3 rings (SSSR count). The fourth-order valence-corrected chi connectivity index (χ4v) is 2.79. The largest absolute Gasteiger partial charge is 0.477 e. The van der Waals surface area contributed by atoms with E-state index in [2.05, 4.69) is 10.3 Å². The number of oxazole rings is 1. The number of halogens is 2. The third kappa shape index (κ3) is 2.64. The lowest BCUT2D eigenvalue weighted by atomic mass is 10.2. The van der Waals surface area contributed by atoms with E-state index in [-0.39, 0.29) is 34.1 Å². The van der Waals surface area contributed by atoms with Gasteiger partial charge in [-0.25, -0.2) is 14.2 Å². The van der Waals surface area contributed by atoms with E-state index in [1.54, 1.807) is 6.07 Å². The Balaban J connectivity index is 2.30. The number of nitrogens with one attached hydrogen (secondary N) is 1. The van der Waals surface area contributed by atoms with Gasteiger partial charge in [0.05, 0.1) is 5.69 Å². The molecule has 0 aliphatic heterocycles. The van der Waals surface area contributed by atoms with Gasteiger partial charge in [0.2, 0.25) is 0 Å². The first-order valence-electron chi connectivity index (χ1n) is 6.75. The van der Waals surface area contributed by atoms with Crippen LogP contribution in [0.15, 0.2) is 27.4 Å². The number of pyridine rings is 1. The molecule has 7 nitrogen and oxygen atoms in total. The molecule has 1 aromatic carbocycles. The van der Waals surface area contributed by atoms with E-state index in [1.807, 2.05) is 22.6 Å². The van der Waals surface area contributed by atoms with Crippen molar-refractivity contribution in [3.05, 3.63) is 49.4 Å². The van der Waals surface area contributed by atoms with Crippen LogP contribution in [0, 0.1) is 16.3 Å². The van der Waals surface area contributed by atoms with Gasteiger partial charge in [-0.15, -0.1) is 0 Å². The second kappa shape index (κ2) is 5.89. The van der Waals surface area contributed by atoms with Gasteiger partial charge < -0.3 is 14.8 Å². The van der Waals surface area contributed by atoms with Crippen LogP contribution in [0.1, 0.15) is 16.2 Å². The Kier molecular flexibility index (Phi) is 4.03. The smallest absolute Gasteiger partial charge is 0.343 e. The number of anilines is 2. The van der Waals surface area contributed by atoms with E-state index in [0.29, 0.717) is 3.57 Å². The molecule has 0 aliphatic rings. The first-order chi connectivity index (χ1) is 11.3. The lowest BCUT2D eigenvalue weighted by Crippen LogP contribution is -2.23. The minimum Gasteiger partial charge on any atom is -0.477 e. The van der Waals surface area contributed by atoms with Gasteiger partial charge in [0, 0.05) is 17.5 Å². The summed E-state index contributed by atoms with van der Waals surface area (Å²) in [5.74, 6) is -1.81. The fourth-order valence-electron chi connectivity index (χ4n) is 2.34. The van der Waals surface area contributed by atoms with Gasteiger partial charge >= 0.3 is 5.97 Å². The van der Waals surface area contributed by atoms with E-state index >= 15 is 0 Å². The van der Waals surface area contributed by atoms with E-state index in [1.165, 1.54) is 26.1 Å². The van der Waals surface area contributed by atoms with Crippen LogP contribution in [0.25, 0.3) is 11.1 Å². The summed E-state index contributed by atoms with van der Waals surface area (Å²) in [5, 5.41) is 12.2. The Labute approximate surface area is 148 Å². The molecule has 0 fully saturated rings.